The molecule has 6 aromatic heterocycles. The van der Waals surface area contributed by atoms with Gasteiger partial charge in [-0.1, -0.05) is 166 Å². The van der Waals surface area contributed by atoms with Crippen LogP contribution >= 0.6 is 0 Å². The highest BCUT2D eigenvalue weighted by atomic mass is 28.3. The molecule has 0 radical (unpaired) electrons. The largest absolute Gasteiger partial charge is 0.367 e. The first kappa shape index (κ1) is 36.7. The highest BCUT2D eigenvalue weighted by Gasteiger charge is 2.36. The third-order valence-electron chi connectivity index (χ3n) is 16.4. The van der Waals surface area contributed by atoms with Crippen molar-refractivity contribution >= 4 is 128 Å². The van der Waals surface area contributed by atoms with Gasteiger partial charge in [0.25, 0.3) is 0 Å². The fourth-order valence-electron chi connectivity index (χ4n) is 13.5. The molecule has 0 aliphatic carbocycles. The van der Waals surface area contributed by atoms with Crippen LogP contribution < -0.4 is 0 Å². The molecule has 9 aromatic carbocycles. The van der Waals surface area contributed by atoms with Crippen LogP contribution in [-0.4, -0.2) is 25.8 Å². The van der Waals surface area contributed by atoms with E-state index in [0.717, 1.165) is 0 Å². The molecule has 15 rings (SSSR count). The Hall–Kier alpha value is -7.60. The molecule has 0 bridgehead atoms. The second-order valence-electron chi connectivity index (χ2n) is 18.9. The number of aryl methyl sites for hydroxylation is 1. The molecule has 0 unspecified atom stereocenters. The molecule has 6 heterocycles. The lowest BCUT2D eigenvalue weighted by molar-refractivity contribution is 1.02. The zero-order valence-corrected chi connectivity index (χ0v) is 38.6. The molecule has 0 spiro atoms. The van der Waals surface area contributed by atoms with Crippen LogP contribution in [-0.2, 0) is 7.05 Å². The van der Waals surface area contributed by atoms with Gasteiger partial charge in [-0.3, -0.25) is 0 Å². The summed E-state index contributed by atoms with van der Waals surface area (Å²) in [5, 5.41) is 15.9. The number of nitrogens with zero attached hydrogens (tertiary/aromatic N) is 4. The van der Waals surface area contributed by atoms with Gasteiger partial charge in [0.15, 0.2) is 8.24 Å². The van der Waals surface area contributed by atoms with Crippen LogP contribution in [0.15, 0.2) is 170 Å². The number of hydrogen-bond donors (Lipinski definition) is 0. The molecule has 0 saturated heterocycles. The van der Waals surface area contributed by atoms with Gasteiger partial charge >= 0.3 is 0 Å². The van der Waals surface area contributed by atoms with Crippen LogP contribution in [0.5, 0.6) is 0 Å². The van der Waals surface area contributed by atoms with Gasteiger partial charge in [-0.2, -0.15) is 0 Å². The Morgan fingerprint density at radius 3 is 1.24 bits per heavy atom. The van der Waals surface area contributed by atoms with Gasteiger partial charge in [0.2, 0.25) is 0 Å². The first-order valence-electron chi connectivity index (χ1n) is 23.9. The molecule has 66 heavy (non-hydrogen) atoms. The molecule has 314 valence electrons. The number of aromatic nitrogens is 4. The van der Waals surface area contributed by atoms with Gasteiger partial charge in [-0.25, -0.2) is 0 Å². The van der Waals surface area contributed by atoms with E-state index >= 15 is 0 Å². The van der Waals surface area contributed by atoms with E-state index in [1.54, 1.807) is 0 Å². The van der Waals surface area contributed by atoms with Crippen LogP contribution in [0.3, 0.4) is 0 Å². The first-order valence-corrected chi connectivity index (χ1v) is 26.4. The van der Waals surface area contributed by atoms with Gasteiger partial charge in [0, 0.05) is 93.8 Å². The minimum atomic E-state index is -1.97. The SMILES string of the molecule is CC[Si](CC)(CC)n1c2ccccc2c2ccc3c(c4cccc5c6c(-c7ccccc7)c7c(c(-c8ccccc8)c6n3c54)c3cccc4c5c6c(ccc5n7c34)c3ccccc3n6C)c21. The topological polar surface area (TPSA) is 18.7 Å². The maximum absolute atomic E-state index is 2.90. The second kappa shape index (κ2) is 12.8. The molecule has 0 aliphatic heterocycles. The third-order valence-corrected chi connectivity index (χ3v) is 21.8. The van der Waals surface area contributed by atoms with Crippen molar-refractivity contribution < 1.29 is 0 Å². The van der Waals surface area contributed by atoms with Crippen LogP contribution in [0.1, 0.15) is 20.8 Å². The zero-order valence-electron chi connectivity index (χ0n) is 37.6. The van der Waals surface area contributed by atoms with Crippen molar-refractivity contribution in [1.82, 2.24) is 17.6 Å². The van der Waals surface area contributed by atoms with Crippen LogP contribution in [0.2, 0.25) is 18.1 Å². The summed E-state index contributed by atoms with van der Waals surface area (Å²) in [5.41, 5.74) is 18.1. The molecular weight excluding hydrogens is 817 g/mol. The Bertz CT molecular complexity index is 4510. The van der Waals surface area contributed by atoms with Gasteiger partial charge in [-0.05, 0) is 53.5 Å². The van der Waals surface area contributed by atoms with E-state index in [0.29, 0.717) is 0 Å². The quantitative estimate of drug-likeness (QED) is 0.148. The summed E-state index contributed by atoms with van der Waals surface area (Å²) in [6.07, 6.45) is 0. The van der Waals surface area contributed by atoms with Crippen molar-refractivity contribution in [2.75, 3.05) is 0 Å². The van der Waals surface area contributed by atoms with Gasteiger partial charge in [0.05, 0.1) is 44.1 Å². The molecular formula is C61H46N4Si. The van der Waals surface area contributed by atoms with E-state index in [1.807, 2.05) is 0 Å². The van der Waals surface area contributed by atoms with E-state index in [9.17, 15) is 0 Å². The molecule has 4 nitrogen and oxygen atoms in total. The minimum Gasteiger partial charge on any atom is -0.367 e. The first-order chi connectivity index (χ1) is 32.6. The maximum atomic E-state index is 2.90. The molecule has 15 aromatic rings. The normalized spacial score (nSPS) is 13.0. The summed E-state index contributed by atoms with van der Waals surface area (Å²) >= 11 is 0. The van der Waals surface area contributed by atoms with Gasteiger partial charge < -0.3 is 17.6 Å². The fourth-order valence-corrected chi connectivity index (χ4v) is 17.3. The third kappa shape index (κ3) is 4.18. The Morgan fingerprint density at radius 1 is 0.318 bits per heavy atom. The van der Waals surface area contributed by atoms with Crippen LogP contribution in [0.4, 0.5) is 0 Å². The minimum absolute atomic E-state index is 1.20. The highest BCUT2D eigenvalue weighted by molar-refractivity contribution is 6.80. The highest BCUT2D eigenvalue weighted by Crippen LogP contribution is 2.55. The van der Waals surface area contributed by atoms with Crippen molar-refractivity contribution in [3.63, 3.8) is 0 Å². The lowest BCUT2D eigenvalue weighted by Crippen LogP contribution is -2.40. The van der Waals surface area contributed by atoms with Crippen molar-refractivity contribution in [3.8, 4) is 22.3 Å². The van der Waals surface area contributed by atoms with Crippen molar-refractivity contribution in [2.24, 2.45) is 7.05 Å². The number of fused-ring (bicyclic) bond motifs is 20. The van der Waals surface area contributed by atoms with Crippen molar-refractivity contribution in [2.45, 2.75) is 38.9 Å². The zero-order chi connectivity index (χ0) is 43.7. The Labute approximate surface area is 381 Å². The maximum Gasteiger partial charge on any atom is 0.161 e. The van der Waals surface area contributed by atoms with E-state index in [-0.39, 0.29) is 0 Å². The van der Waals surface area contributed by atoms with E-state index < -0.39 is 8.24 Å². The molecule has 0 aliphatic rings. The number of para-hydroxylation sites is 4. The average Bonchev–Trinajstić information content (AvgIpc) is 4.21. The summed E-state index contributed by atoms with van der Waals surface area (Å²) < 4.78 is 10.7. The van der Waals surface area contributed by atoms with Gasteiger partial charge in [0.1, 0.15) is 0 Å². The number of benzene rings is 9. The lowest BCUT2D eigenvalue weighted by Gasteiger charge is -2.32. The standard InChI is InChI=1S/C61H46N4Si/c1-5-66(6-2,7-3)65-47-31-17-15-25-39(47)41-33-35-49-53(59(41)65)43-27-19-29-45-55-50(36-20-10-8-11-21-36)60-54(51(37-22-12-9-13-23-37)61(55)64(49)57(43)45)44-28-18-26-42-52-48(63(60)56(42)44)34-32-40-38-24-14-16-30-46(38)62(4)58(40)52/h8-35H,5-7H2,1-4H3. The summed E-state index contributed by atoms with van der Waals surface area (Å²) in [7, 11) is 0.275. The summed E-state index contributed by atoms with van der Waals surface area (Å²) in [6, 6.07) is 68.2. The molecule has 0 fully saturated rings. The lowest BCUT2D eigenvalue weighted by atomic mass is 9.89. The molecule has 0 atom stereocenters. The second-order valence-corrected chi connectivity index (χ2v) is 23.9. The fraction of sp³-hybridized carbons (Fsp3) is 0.115. The molecule has 0 saturated carbocycles. The monoisotopic (exact) mass is 862 g/mol. The van der Waals surface area contributed by atoms with E-state index in [2.05, 4.69) is 215 Å². The van der Waals surface area contributed by atoms with Crippen molar-refractivity contribution in [1.29, 1.82) is 0 Å². The predicted octanol–water partition coefficient (Wildman–Crippen LogP) is 16.9. The molecule has 5 heteroatoms. The summed E-state index contributed by atoms with van der Waals surface area (Å²) in [5.74, 6) is 0. The summed E-state index contributed by atoms with van der Waals surface area (Å²) in [6.45, 7) is 7.34. The Kier molecular flexibility index (Phi) is 7.12. The number of rotatable bonds is 6. The van der Waals surface area contributed by atoms with Crippen LogP contribution in [0.25, 0.3) is 142 Å². The predicted molar refractivity (Wildman–Crippen MR) is 286 cm³/mol. The average molecular weight is 863 g/mol. The van der Waals surface area contributed by atoms with Gasteiger partial charge in [-0.15, -0.1) is 0 Å². The van der Waals surface area contributed by atoms with Crippen molar-refractivity contribution in [3.05, 3.63) is 170 Å². The smallest absolute Gasteiger partial charge is 0.161 e. The van der Waals surface area contributed by atoms with E-state index in [4.69, 9.17) is 0 Å². The molecule has 0 N–H and O–H groups in total. The molecule has 0 amide bonds. The Balaban J connectivity index is 1.24. The van der Waals surface area contributed by atoms with E-state index in [1.165, 1.54) is 160 Å². The van der Waals surface area contributed by atoms with Crippen LogP contribution in [0, 0.1) is 0 Å². The Morgan fingerprint density at radius 2 is 0.727 bits per heavy atom. The summed E-state index contributed by atoms with van der Waals surface area (Å²) in [4.78, 5) is 0. The number of hydrogen-bond acceptors (Lipinski definition) is 0.